The molecule has 0 bridgehead atoms. The molecule has 104 valence electrons. The summed E-state index contributed by atoms with van der Waals surface area (Å²) in [6, 6.07) is 9.76. The van der Waals surface area contributed by atoms with Gasteiger partial charge in [0.15, 0.2) is 0 Å². The minimum Gasteiger partial charge on any atom is -0.466 e. The summed E-state index contributed by atoms with van der Waals surface area (Å²) in [7, 11) is 0.865. The fourth-order valence-electron chi connectivity index (χ4n) is 1.98. The second kappa shape index (κ2) is 9.79. The van der Waals surface area contributed by atoms with E-state index in [1.165, 1.54) is 36.1 Å². The first-order chi connectivity index (χ1) is 9.27. The van der Waals surface area contributed by atoms with Crippen LogP contribution in [0.2, 0.25) is 6.04 Å². The molecule has 0 heterocycles. The Hall–Kier alpha value is -1.09. The fourth-order valence-corrected chi connectivity index (χ4v) is 3.32. The van der Waals surface area contributed by atoms with E-state index in [0.717, 1.165) is 15.9 Å². The lowest BCUT2D eigenvalue weighted by molar-refractivity contribution is -0.143. The number of carbonyl (C=O) groups is 1. The number of rotatable bonds is 9. The molecule has 0 amide bonds. The number of unbranched alkanes of at least 4 members (excludes halogenated alkanes) is 2. The quantitative estimate of drug-likeness (QED) is 0.393. The van der Waals surface area contributed by atoms with Gasteiger partial charge in [0.05, 0.1) is 16.1 Å². The zero-order valence-electron chi connectivity index (χ0n) is 12.1. The molecule has 0 unspecified atom stereocenters. The van der Waals surface area contributed by atoms with Gasteiger partial charge in [0, 0.05) is 6.42 Å². The molecule has 0 aliphatic rings. The molecule has 0 aromatic heterocycles. The minimum atomic E-state index is -0.0911. The van der Waals surface area contributed by atoms with Crippen molar-refractivity contribution in [3.8, 4) is 0 Å². The molecule has 1 aromatic carbocycles. The van der Waals surface area contributed by atoms with Crippen LogP contribution in [0.5, 0.6) is 0 Å². The van der Waals surface area contributed by atoms with Crippen molar-refractivity contribution in [3.05, 3.63) is 29.8 Å². The maximum Gasteiger partial charge on any atom is 0.306 e. The molecule has 0 aliphatic carbocycles. The zero-order valence-corrected chi connectivity index (χ0v) is 13.1. The summed E-state index contributed by atoms with van der Waals surface area (Å²) >= 11 is 0. The maximum absolute atomic E-state index is 11.4. The minimum absolute atomic E-state index is 0.0911. The van der Waals surface area contributed by atoms with Crippen LogP contribution < -0.4 is 5.19 Å². The van der Waals surface area contributed by atoms with Crippen LogP contribution in [0.25, 0.3) is 0 Å². The number of ether oxygens (including phenoxy) is 1. The van der Waals surface area contributed by atoms with Crippen LogP contribution >= 0.6 is 0 Å². The van der Waals surface area contributed by atoms with Crippen molar-refractivity contribution in [2.75, 3.05) is 6.61 Å². The third-order valence-electron chi connectivity index (χ3n) is 3.02. The third kappa shape index (κ3) is 6.57. The normalized spacial score (nSPS) is 10.4. The topological polar surface area (TPSA) is 26.3 Å². The predicted molar refractivity (Wildman–Crippen MR) is 81.1 cm³/mol. The van der Waals surface area contributed by atoms with Crippen LogP contribution in [0.3, 0.4) is 0 Å². The molecule has 0 saturated heterocycles. The Morgan fingerprint density at radius 2 is 2.00 bits per heavy atom. The van der Waals surface area contributed by atoms with Gasteiger partial charge in [-0.05, 0) is 18.9 Å². The fraction of sp³-hybridized carbons (Fsp3) is 0.562. The van der Waals surface area contributed by atoms with Gasteiger partial charge in [0.2, 0.25) is 0 Å². The summed E-state index contributed by atoms with van der Waals surface area (Å²) in [6.45, 7) is 4.55. The number of benzene rings is 1. The maximum atomic E-state index is 11.4. The van der Waals surface area contributed by atoms with Gasteiger partial charge < -0.3 is 4.74 Å². The number of esters is 1. The largest absolute Gasteiger partial charge is 0.466 e. The summed E-state index contributed by atoms with van der Waals surface area (Å²) in [6.07, 6.45) is 5.19. The molecule has 3 heteroatoms. The first kappa shape index (κ1) is 16.0. The highest BCUT2D eigenvalue weighted by Crippen LogP contribution is 2.04. The van der Waals surface area contributed by atoms with Crippen molar-refractivity contribution in [2.45, 2.75) is 52.0 Å². The van der Waals surface area contributed by atoms with Crippen molar-refractivity contribution in [1.29, 1.82) is 0 Å². The highest BCUT2D eigenvalue weighted by molar-refractivity contribution is 6.54. The Kier molecular flexibility index (Phi) is 8.22. The predicted octanol–water partition coefficient (Wildman–Crippen LogP) is 3.12. The molecule has 0 spiro atoms. The van der Waals surface area contributed by atoms with Gasteiger partial charge in [-0.25, -0.2) is 0 Å². The second-order valence-corrected chi connectivity index (χ2v) is 5.99. The standard InChI is InChI=1S/C16H24O2Si/c1-3-5-8-13-19-15-10-7-6-9-14(15)11-12-16(17)18-4-2/h6-7,9-10H,3-5,8,11-13H2,1-2H3. The molecule has 0 saturated carbocycles. The number of carbonyl (C=O) groups excluding carboxylic acids is 1. The Morgan fingerprint density at radius 3 is 2.74 bits per heavy atom. The van der Waals surface area contributed by atoms with Crippen LogP contribution in [0.4, 0.5) is 0 Å². The van der Waals surface area contributed by atoms with E-state index in [1.807, 2.05) is 6.92 Å². The first-order valence-electron chi connectivity index (χ1n) is 7.25. The van der Waals surface area contributed by atoms with E-state index in [4.69, 9.17) is 4.74 Å². The number of aryl methyl sites for hydroxylation is 1. The monoisotopic (exact) mass is 276 g/mol. The molecule has 19 heavy (non-hydrogen) atoms. The van der Waals surface area contributed by atoms with Crippen molar-refractivity contribution in [1.82, 2.24) is 0 Å². The summed E-state index contributed by atoms with van der Waals surface area (Å²) in [4.78, 5) is 11.4. The molecule has 0 fully saturated rings. The SMILES string of the molecule is CCCCC[Si]c1ccccc1CCC(=O)OCC. The Bertz CT molecular complexity index is 377. The lowest BCUT2D eigenvalue weighted by Gasteiger charge is -2.08. The van der Waals surface area contributed by atoms with Crippen molar-refractivity contribution < 1.29 is 9.53 Å². The highest BCUT2D eigenvalue weighted by atomic mass is 28.2. The van der Waals surface area contributed by atoms with E-state index in [1.54, 1.807) is 0 Å². The lowest BCUT2D eigenvalue weighted by Crippen LogP contribution is -2.20. The Labute approximate surface area is 119 Å². The van der Waals surface area contributed by atoms with Crippen LogP contribution in [0, 0.1) is 0 Å². The van der Waals surface area contributed by atoms with Crippen LogP contribution in [-0.2, 0) is 16.0 Å². The van der Waals surface area contributed by atoms with Crippen molar-refractivity contribution in [2.24, 2.45) is 0 Å². The molecule has 2 nitrogen and oxygen atoms in total. The smallest absolute Gasteiger partial charge is 0.306 e. The average molecular weight is 276 g/mol. The lowest BCUT2D eigenvalue weighted by atomic mass is 10.1. The van der Waals surface area contributed by atoms with Gasteiger partial charge >= 0.3 is 5.97 Å². The van der Waals surface area contributed by atoms with Gasteiger partial charge in [-0.3, -0.25) is 4.79 Å². The van der Waals surface area contributed by atoms with E-state index in [-0.39, 0.29) is 5.97 Å². The second-order valence-electron chi connectivity index (χ2n) is 4.60. The van der Waals surface area contributed by atoms with Crippen LogP contribution in [0.15, 0.2) is 24.3 Å². The number of hydrogen-bond donors (Lipinski definition) is 0. The van der Waals surface area contributed by atoms with Crippen molar-refractivity contribution >= 4 is 20.7 Å². The van der Waals surface area contributed by atoms with Gasteiger partial charge in [-0.2, -0.15) is 0 Å². The van der Waals surface area contributed by atoms with E-state index in [0.29, 0.717) is 13.0 Å². The molecule has 2 radical (unpaired) electrons. The molecule has 1 aromatic rings. The van der Waals surface area contributed by atoms with Crippen LogP contribution in [-0.4, -0.2) is 22.1 Å². The molecule has 0 N–H and O–H groups in total. The molecule has 0 aliphatic heterocycles. The molecular formula is C16H24O2Si. The summed E-state index contributed by atoms with van der Waals surface area (Å²) < 4.78 is 4.98. The van der Waals surface area contributed by atoms with E-state index < -0.39 is 0 Å². The Balaban J connectivity index is 2.45. The van der Waals surface area contributed by atoms with E-state index in [2.05, 4.69) is 31.2 Å². The zero-order chi connectivity index (χ0) is 13.9. The summed E-state index contributed by atoms with van der Waals surface area (Å²) in [5.41, 5.74) is 1.31. The molecular weight excluding hydrogens is 252 g/mol. The van der Waals surface area contributed by atoms with Gasteiger partial charge in [-0.15, -0.1) is 0 Å². The van der Waals surface area contributed by atoms with E-state index in [9.17, 15) is 4.79 Å². The number of hydrogen-bond acceptors (Lipinski definition) is 2. The van der Waals surface area contributed by atoms with E-state index >= 15 is 0 Å². The average Bonchev–Trinajstić information content (AvgIpc) is 2.43. The molecule has 1 rings (SSSR count). The van der Waals surface area contributed by atoms with Gasteiger partial charge in [0.1, 0.15) is 0 Å². The summed E-state index contributed by atoms with van der Waals surface area (Å²) in [5, 5.41) is 1.42. The van der Waals surface area contributed by atoms with Crippen molar-refractivity contribution in [3.63, 3.8) is 0 Å². The van der Waals surface area contributed by atoms with Gasteiger partial charge in [-0.1, -0.05) is 61.7 Å². The first-order valence-corrected chi connectivity index (χ1v) is 8.46. The van der Waals surface area contributed by atoms with Gasteiger partial charge in [0.25, 0.3) is 0 Å². The summed E-state index contributed by atoms with van der Waals surface area (Å²) in [5.74, 6) is -0.0911. The van der Waals surface area contributed by atoms with Crippen LogP contribution in [0.1, 0.15) is 45.1 Å². The molecule has 0 atom stereocenters. The highest BCUT2D eigenvalue weighted by Gasteiger charge is 2.06. The Morgan fingerprint density at radius 1 is 1.21 bits per heavy atom. The third-order valence-corrected chi connectivity index (χ3v) is 4.49.